The van der Waals surface area contributed by atoms with Crippen LogP contribution >= 0.6 is 11.3 Å². The van der Waals surface area contributed by atoms with E-state index in [0.717, 1.165) is 48.6 Å². The maximum Gasteiger partial charge on any atom is 0.227 e. The third-order valence-corrected chi connectivity index (χ3v) is 5.66. The van der Waals surface area contributed by atoms with Gasteiger partial charge in [0.05, 0.1) is 15.2 Å². The number of nitrogens with zero attached hydrogens (tertiary/aromatic N) is 1. The Labute approximate surface area is 151 Å². The average Bonchev–Trinajstić information content (AvgIpc) is 3.06. The summed E-state index contributed by atoms with van der Waals surface area (Å²) < 4.78 is 1.23. The maximum atomic E-state index is 12.3. The number of anilines is 1. The third-order valence-electron chi connectivity index (χ3n) is 4.62. The van der Waals surface area contributed by atoms with Crippen LogP contribution in [0.3, 0.4) is 0 Å². The van der Waals surface area contributed by atoms with E-state index in [2.05, 4.69) is 39.9 Å². The Kier molecular flexibility index (Phi) is 4.76. The van der Waals surface area contributed by atoms with Gasteiger partial charge in [0, 0.05) is 18.0 Å². The monoisotopic (exact) mass is 351 g/mol. The smallest absolute Gasteiger partial charge is 0.227 e. The van der Waals surface area contributed by atoms with Gasteiger partial charge in [-0.1, -0.05) is 24.3 Å². The molecule has 1 saturated heterocycles. The Morgan fingerprint density at radius 1 is 1.12 bits per heavy atom. The fourth-order valence-electron chi connectivity index (χ4n) is 3.20. The number of amides is 1. The summed E-state index contributed by atoms with van der Waals surface area (Å²) in [6.07, 6.45) is 2.66. The fraction of sp³-hybridized carbons (Fsp3) is 0.300. The van der Waals surface area contributed by atoms with Crippen LogP contribution in [0.15, 0.2) is 48.5 Å². The molecule has 4 rings (SSSR count). The van der Waals surface area contributed by atoms with Crippen LogP contribution in [0.2, 0.25) is 0 Å². The van der Waals surface area contributed by atoms with Crippen molar-refractivity contribution in [3.63, 3.8) is 0 Å². The molecule has 0 atom stereocenters. The molecule has 0 bridgehead atoms. The highest BCUT2D eigenvalue weighted by molar-refractivity contribution is 7.18. The molecule has 2 N–H and O–H groups in total. The lowest BCUT2D eigenvalue weighted by Gasteiger charge is -2.21. The molecule has 1 aliphatic rings. The summed E-state index contributed by atoms with van der Waals surface area (Å²) in [4.78, 5) is 17.0. The van der Waals surface area contributed by atoms with Crippen molar-refractivity contribution in [3.8, 4) is 0 Å². The van der Waals surface area contributed by atoms with Crippen LogP contribution in [0.1, 0.15) is 23.4 Å². The van der Waals surface area contributed by atoms with Gasteiger partial charge >= 0.3 is 0 Å². The number of carbonyl (C=O) groups excluding carboxylic acids is 1. The van der Waals surface area contributed by atoms with E-state index in [1.54, 1.807) is 11.3 Å². The molecule has 0 radical (unpaired) electrons. The third kappa shape index (κ3) is 3.89. The van der Waals surface area contributed by atoms with E-state index in [4.69, 9.17) is 0 Å². The summed E-state index contributed by atoms with van der Waals surface area (Å²) >= 11 is 1.74. The van der Waals surface area contributed by atoms with Crippen LogP contribution in [-0.2, 0) is 11.2 Å². The highest BCUT2D eigenvalue weighted by Gasteiger charge is 2.20. The van der Waals surface area contributed by atoms with E-state index in [1.807, 2.05) is 24.3 Å². The molecule has 4 nitrogen and oxygen atoms in total. The number of rotatable bonds is 4. The number of piperidine rings is 1. The molecule has 1 aromatic heterocycles. The number of nitrogens with one attached hydrogen (secondary N) is 2. The predicted molar refractivity (Wildman–Crippen MR) is 103 cm³/mol. The molecule has 1 fully saturated rings. The minimum Gasteiger partial charge on any atom is -0.326 e. The van der Waals surface area contributed by atoms with Gasteiger partial charge in [0.15, 0.2) is 0 Å². The maximum absolute atomic E-state index is 12.3. The van der Waals surface area contributed by atoms with E-state index in [0.29, 0.717) is 0 Å². The lowest BCUT2D eigenvalue weighted by Crippen LogP contribution is -2.34. The van der Waals surface area contributed by atoms with Crippen molar-refractivity contribution in [1.29, 1.82) is 0 Å². The fourth-order valence-corrected chi connectivity index (χ4v) is 4.21. The molecular weight excluding hydrogens is 330 g/mol. The van der Waals surface area contributed by atoms with Crippen LogP contribution in [0, 0.1) is 5.92 Å². The zero-order valence-corrected chi connectivity index (χ0v) is 14.8. The number of hydrogen-bond acceptors (Lipinski definition) is 4. The van der Waals surface area contributed by atoms with E-state index >= 15 is 0 Å². The number of hydrogen-bond donors (Lipinski definition) is 2. The van der Waals surface area contributed by atoms with Gasteiger partial charge < -0.3 is 10.6 Å². The van der Waals surface area contributed by atoms with Crippen LogP contribution in [0.25, 0.3) is 10.2 Å². The molecule has 1 amide bonds. The van der Waals surface area contributed by atoms with Crippen molar-refractivity contribution >= 4 is 33.1 Å². The van der Waals surface area contributed by atoms with Crippen LogP contribution < -0.4 is 10.6 Å². The summed E-state index contributed by atoms with van der Waals surface area (Å²) in [5, 5.41) is 7.45. The zero-order chi connectivity index (χ0) is 17.1. The quantitative estimate of drug-likeness (QED) is 0.751. The molecule has 1 aliphatic heterocycles. The first-order chi connectivity index (χ1) is 12.3. The van der Waals surface area contributed by atoms with Gasteiger partial charge in [-0.05, 0) is 55.8 Å². The van der Waals surface area contributed by atoms with Crippen LogP contribution in [0.4, 0.5) is 5.69 Å². The second-order valence-corrected chi connectivity index (χ2v) is 7.58. The number of carbonyl (C=O) groups is 1. The lowest BCUT2D eigenvalue weighted by atomic mass is 9.97. The molecule has 0 aliphatic carbocycles. The second kappa shape index (κ2) is 7.33. The van der Waals surface area contributed by atoms with Gasteiger partial charge in [0.2, 0.25) is 5.91 Å². The van der Waals surface area contributed by atoms with E-state index < -0.39 is 0 Å². The Balaban J connectivity index is 1.40. The first-order valence-electron chi connectivity index (χ1n) is 8.73. The molecule has 2 aromatic carbocycles. The summed E-state index contributed by atoms with van der Waals surface area (Å²) in [7, 11) is 0. The van der Waals surface area contributed by atoms with Gasteiger partial charge in [-0.15, -0.1) is 11.3 Å². The summed E-state index contributed by atoms with van der Waals surface area (Å²) in [6, 6.07) is 16.3. The molecule has 25 heavy (non-hydrogen) atoms. The summed E-state index contributed by atoms with van der Waals surface area (Å²) in [5.74, 6) is 0.268. The second-order valence-electron chi connectivity index (χ2n) is 6.46. The Hall–Kier alpha value is -2.24. The van der Waals surface area contributed by atoms with Crippen molar-refractivity contribution in [1.82, 2.24) is 10.3 Å². The summed E-state index contributed by atoms with van der Waals surface area (Å²) in [5.41, 5.74) is 3.14. The number of benzene rings is 2. The molecule has 0 saturated carbocycles. The van der Waals surface area contributed by atoms with E-state index in [1.165, 1.54) is 10.3 Å². The molecule has 3 aromatic rings. The van der Waals surface area contributed by atoms with Crippen molar-refractivity contribution in [2.24, 2.45) is 5.92 Å². The van der Waals surface area contributed by atoms with Gasteiger partial charge in [0.1, 0.15) is 0 Å². The average molecular weight is 351 g/mol. The highest BCUT2D eigenvalue weighted by Crippen LogP contribution is 2.24. The Morgan fingerprint density at radius 3 is 2.64 bits per heavy atom. The standard InChI is InChI=1S/C20H21N3OS/c24-20(15-9-11-21-12-10-15)22-16-7-5-14(6-8-16)13-19-23-17-3-1-2-4-18(17)25-19/h1-8,15,21H,9-13H2,(H,22,24). The number of fused-ring (bicyclic) bond motifs is 1. The van der Waals surface area contributed by atoms with Crippen LogP contribution in [-0.4, -0.2) is 24.0 Å². The van der Waals surface area contributed by atoms with Crippen molar-refractivity contribution in [2.75, 3.05) is 18.4 Å². The van der Waals surface area contributed by atoms with Gasteiger partial charge in [-0.3, -0.25) is 4.79 Å². The van der Waals surface area contributed by atoms with Gasteiger partial charge in [-0.25, -0.2) is 4.98 Å². The summed E-state index contributed by atoms with van der Waals surface area (Å²) in [6.45, 7) is 1.86. The largest absolute Gasteiger partial charge is 0.326 e. The number of aromatic nitrogens is 1. The zero-order valence-electron chi connectivity index (χ0n) is 14.0. The predicted octanol–water partition coefficient (Wildman–Crippen LogP) is 3.83. The van der Waals surface area contributed by atoms with Gasteiger partial charge in [-0.2, -0.15) is 0 Å². The van der Waals surface area contributed by atoms with Gasteiger partial charge in [0.25, 0.3) is 0 Å². The number of thiazole rings is 1. The molecular formula is C20H21N3OS. The van der Waals surface area contributed by atoms with E-state index in [9.17, 15) is 4.79 Å². The molecule has 5 heteroatoms. The highest BCUT2D eigenvalue weighted by atomic mass is 32.1. The molecule has 0 unspecified atom stereocenters. The Bertz CT molecular complexity index is 833. The van der Waals surface area contributed by atoms with Crippen LogP contribution in [0.5, 0.6) is 0 Å². The number of para-hydroxylation sites is 1. The van der Waals surface area contributed by atoms with Crippen molar-refractivity contribution in [2.45, 2.75) is 19.3 Å². The normalized spacial score (nSPS) is 15.4. The first-order valence-corrected chi connectivity index (χ1v) is 9.54. The molecule has 128 valence electrons. The lowest BCUT2D eigenvalue weighted by molar-refractivity contribution is -0.120. The van der Waals surface area contributed by atoms with Crippen molar-refractivity contribution < 1.29 is 4.79 Å². The topological polar surface area (TPSA) is 54.0 Å². The first kappa shape index (κ1) is 16.2. The Morgan fingerprint density at radius 2 is 1.88 bits per heavy atom. The van der Waals surface area contributed by atoms with Crippen molar-refractivity contribution in [3.05, 3.63) is 59.1 Å². The van der Waals surface area contributed by atoms with E-state index in [-0.39, 0.29) is 11.8 Å². The minimum absolute atomic E-state index is 0.128. The molecule has 2 heterocycles. The SMILES string of the molecule is O=C(Nc1ccc(Cc2nc3ccccc3s2)cc1)C1CCNCC1. The molecule has 0 spiro atoms. The minimum atomic E-state index is 0.128.